The van der Waals surface area contributed by atoms with Gasteiger partial charge in [0.05, 0.1) is 17.7 Å². The number of methoxy groups -OCH3 is 1. The Morgan fingerprint density at radius 3 is 2.42 bits per heavy atom. The first-order chi connectivity index (χ1) is 11.5. The summed E-state index contributed by atoms with van der Waals surface area (Å²) in [6.07, 6.45) is 1.90. The molecule has 1 aliphatic heterocycles. The number of hydrogen-bond donors (Lipinski definition) is 0. The fourth-order valence-corrected chi connectivity index (χ4v) is 3.73. The summed E-state index contributed by atoms with van der Waals surface area (Å²) >= 11 is 6.73. The van der Waals surface area contributed by atoms with Gasteiger partial charge >= 0.3 is 0 Å². The maximum atomic E-state index is 12.7. The number of carbonyl (C=O) groups is 1. The lowest BCUT2D eigenvalue weighted by atomic mass is 10.1. The predicted octanol–water partition coefficient (Wildman–Crippen LogP) is 4.72. The maximum Gasteiger partial charge on any atom is 0.270 e. The van der Waals surface area contributed by atoms with Gasteiger partial charge in [-0.3, -0.25) is 9.69 Å². The molecule has 1 heterocycles. The highest BCUT2D eigenvalue weighted by Crippen LogP contribution is 2.36. The van der Waals surface area contributed by atoms with Crippen LogP contribution in [0.5, 0.6) is 5.75 Å². The van der Waals surface area contributed by atoms with Crippen molar-refractivity contribution in [3.8, 4) is 5.75 Å². The first kappa shape index (κ1) is 16.7. The molecule has 0 radical (unpaired) electrons. The molecular weight excluding hydrogens is 338 g/mol. The van der Waals surface area contributed by atoms with Crippen molar-refractivity contribution in [3.63, 3.8) is 0 Å². The van der Waals surface area contributed by atoms with E-state index in [1.165, 1.54) is 22.9 Å². The maximum absolute atomic E-state index is 12.7. The summed E-state index contributed by atoms with van der Waals surface area (Å²) in [6.45, 7) is 4.14. The Morgan fingerprint density at radius 1 is 1.08 bits per heavy atom. The van der Waals surface area contributed by atoms with E-state index in [0.717, 1.165) is 17.0 Å². The van der Waals surface area contributed by atoms with E-state index in [2.05, 4.69) is 26.0 Å². The molecule has 3 rings (SSSR count). The van der Waals surface area contributed by atoms with Crippen LogP contribution in [0.2, 0.25) is 0 Å². The summed E-state index contributed by atoms with van der Waals surface area (Å²) < 4.78 is 5.70. The smallest absolute Gasteiger partial charge is 0.270 e. The molecule has 3 nitrogen and oxygen atoms in total. The number of rotatable bonds is 3. The lowest BCUT2D eigenvalue weighted by molar-refractivity contribution is -0.113. The summed E-state index contributed by atoms with van der Waals surface area (Å²) in [5.74, 6) is 0.656. The molecule has 24 heavy (non-hydrogen) atoms. The molecule has 1 amide bonds. The minimum Gasteiger partial charge on any atom is -0.497 e. The van der Waals surface area contributed by atoms with E-state index in [0.29, 0.717) is 9.23 Å². The van der Waals surface area contributed by atoms with Crippen molar-refractivity contribution >= 4 is 46.0 Å². The average Bonchev–Trinajstić information content (AvgIpc) is 2.85. The van der Waals surface area contributed by atoms with Gasteiger partial charge in [-0.15, -0.1) is 0 Å². The van der Waals surface area contributed by atoms with Crippen molar-refractivity contribution in [1.82, 2.24) is 0 Å². The van der Waals surface area contributed by atoms with Gasteiger partial charge in [-0.2, -0.15) is 0 Å². The first-order valence-electron chi connectivity index (χ1n) is 7.49. The van der Waals surface area contributed by atoms with Crippen molar-refractivity contribution in [3.05, 3.63) is 64.1 Å². The average molecular weight is 355 g/mol. The van der Waals surface area contributed by atoms with E-state index in [-0.39, 0.29) is 5.91 Å². The number of benzene rings is 2. The van der Waals surface area contributed by atoms with Crippen LogP contribution in [-0.4, -0.2) is 17.3 Å². The van der Waals surface area contributed by atoms with E-state index in [1.807, 2.05) is 36.4 Å². The van der Waals surface area contributed by atoms with Gasteiger partial charge in [-0.05, 0) is 60.9 Å². The number of hydrogen-bond acceptors (Lipinski definition) is 4. The highest BCUT2D eigenvalue weighted by molar-refractivity contribution is 8.27. The second-order valence-corrected chi connectivity index (χ2v) is 7.23. The molecule has 0 N–H and O–H groups in total. The zero-order valence-electron chi connectivity index (χ0n) is 13.7. The number of amides is 1. The minimum absolute atomic E-state index is 0.0894. The molecule has 2 aromatic carbocycles. The summed E-state index contributed by atoms with van der Waals surface area (Å²) in [5, 5.41) is 0. The fourth-order valence-electron chi connectivity index (χ4n) is 2.43. The number of thioether (sulfide) groups is 1. The van der Waals surface area contributed by atoms with Crippen molar-refractivity contribution in [2.45, 2.75) is 13.8 Å². The molecule has 0 spiro atoms. The molecule has 0 atom stereocenters. The molecule has 0 bridgehead atoms. The van der Waals surface area contributed by atoms with Crippen LogP contribution < -0.4 is 9.64 Å². The van der Waals surface area contributed by atoms with E-state index in [1.54, 1.807) is 12.0 Å². The van der Waals surface area contributed by atoms with Gasteiger partial charge in [0, 0.05) is 0 Å². The van der Waals surface area contributed by atoms with Crippen LogP contribution in [0, 0.1) is 13.8 Å². The van der Waals surface area contributed by atoms with Crippen LogP contribution in [0.15, 0.2) is 47.4 Å². The Bertz CT molecular complexity index is 841. The van der Waals surface area contributed by atoms with Gasteiger partial charge < -0.3 is 4.74 Å². The van der Waals surface area contributed by atoms with E-state index < -0.39 is 0 Å². The van der Waals surface area contributed by atoms with Gasteiger partial charge in [-0.25, -0.2) is 0 Å². The predicted molar refractivity (Wildman–Crippen MR) is 105 cm³/mol. The van der Waals surface area contributed by atoms with Crippen LogP contribution in [0.3, 0.4) is 0 Å². The Balaban J connectivity index is 1.90. The van der Waals surface area contributed by atoms with Crippen LogP contribution in [-0.2, 0) is 4.79 Å². The second kappa shape index (κ2) is 6.79. The largest absolute Gasteiger partial charge is 0.497 e. The van der Waals surface area contributed by atoms with E-state index >= 15 is 0 Å². The molecule has 0 saturated carbocycles. The van der Waals surface area contributed by atoms with E-state index in [9.17, 15) is 4.79 Å². The zero-order valence-corrected chi connectivity index (χ0v) is 15.3. The highest BCUT2D eigenvalue weighted by Gasteiger charge is 2.33. The van der Waals surface area contributed by atoms with Crippen LogP contribution in [0.1, 0.15) is 16.7 Å². The highest BCUT2D eigenvalue weighted by atomic mass is 32.2. The van der Waals surface area contributed by atoms with Crippen molar-refractivity contribution in [2.75, 3.05) is 12.0 Å². The zero-order chi connectivity index (χ0) is 17.3. The van der Waals surface area contributed by atoms with Gasteiger partial charge in [0.2, 0.25) is 0 Å². The van der Waals surface area contributed by atoms with Crippen molar-refractivity contribution < 1.29 is 9.53 Å². The summed E-state index contributed by atoms with van der Waals surface area (Å²) in [5.41, 5.74) is 4.20. The lowest BCUT2D eigenvalue weighted by Gasteiger charge is -2.14. The Labute approximate surface area is 151 Å². The molecule has 1 fully saturated rings. The quantitative estimate of drug-likeness (QED) is 0.589. The lowest BCUT2D eigenvalue weighted by Crippen LogP contribution is -2.27. The van der Waals surface area contributed by atoms with Crippen molar-refractivity contribution in [2.24, 2.45) is 0 Å². The summed E-state index contributed by atoms with van der Waals surface area (Å²) in [4.78, 5) is 14.9. The van der Waals surface area contributed by atoms with Crippen LogP contribution in [0.25, 0.3) is 6.08 Å². The molecule has 0 unspecified atom stereocenters. The van der Waals surface area contributed by atoms with Crippen LogP contribution in [0.4, 0.5) is 5.69 Å². The summed E-state index contributed by atoms with van der Waals surface area (Å²) in [6, 6.07) is 13.5. The minimum atomic E-state index is -0.0894. The first-order valence-corrected chi connectivity index (χ1v) is 8.71. The SMILES string of the molecule is COc1ccc(N2C(=O)/C(=C\c3ccc(C)c(C)c3)SC2=S)cc1. The number of carbonyl (C=O) groups excluding carboxylic acids is 1. The monoisotopic (exact) mass is 355 g/mol. The molecule has 5 heteroatoms. The number of anilines is 1. The Morgan fingerprint density at radius 2 is 1.79 bits per heavy atom. The molecule has 0 aliphatic carbocycles. The normalized spacial score (nSPS) is 16.1. The molecule has 1 aliphatic rings. The molecule has 122 valence electrons. The third-order valence-electron chi connectivity index (χ3n) is 3.95. The fraction of sp³-hybridized carbons (Fsp3) is 0.158. The number of ether oxygens (including phenoxy) is 1. The molecule has 1 saturated heterocycles. The van der Waals surface area contributed by atoms with E-state index in [4.69, 9.17) is 17.0 Å². The molecule has 0 aromatic heterocycles. The third-order valence-corrected chi connectivity index (χ3v) is 5.26. The van der Waals surface area contributed by atoms with Gasteiger partial charge in [0.15, 0.2) is 4.32 Å². The molecular formula is C19H17NO2S2. The number of nitrogens with zero attached hydrogens (tertiary/aromatic N) is 1. The standard InChI is InChI=1S/C19H17NO2S2/c1-12-4-5-14(10-13(12)2)11-17-18(21)20(19(23)24-17)15-6-8-16(22-3)9-7-15/h4-11H,1-3H3/b17-11+. The van der Waals surface area contributed by atoms with Gasteiger partial charge in [0.1, 0.15) is 5.75 Å². The second-order valence-electron chi connectivity index (χ2n) is 5.56. The third kappa shape index (κ3) is 3.23. The Hall–Kier alpha value is -2.11. The number of aryl methyl sites for hydroxylation is 2. The number of thiocarbonyl (C=S) groups is 1. The van der Waals surface area contributed by atoms with Gasteiger partial charge in [-0.1, -0.05) is 42.2 Å². The topological polar surface area (TPSA) is 29.5 Å². The van der Waals surface area contributed by atoms with Crippen molar-refractivity contribution in [1.29, 1.82) is 0 Å². The van der Waals surface area contributed by atoms with Crippen LogP contribution >= 0.6 is 24.0 Å². The summed E-state index contributed by atoms with van der Waals surface area (Å²) in [7, 11) is 1.61. The Kier molecular flexibility index (Phi) is 4.73. The molecule has 2 aromatic rings. The van der Waals surface area contributed by atoms with Gasteiger partial charge in [0.25, 0.3) is 5.91 Å².